The quantitative estimate of drug-likeness (QED) is 0.628. The number of rotatable bonds is 2. The van der Waals surface area contributed by atoms with Gasteiger partial charge in [-0.2, -0.15) is 0 Å². The molecule has 128 valence electrons. The van der Waals surface area contributed by atoms with E-state index < -0.39 is 0 Å². The van der Waals surface area contributed by atoms with Crippen LogP contribution in [-0.2, 0) is 0 Å². The van der Waals surface area contributed by atoms with Gasteiger partial charge in [-0.05, 0) is 43.3 Å². The molecule has 3 nitrogen and oxygen atoms in total. The first-order valence-electron chi connectivity index (χ1n) is 8.54. The van der Waals surface area contributed by atoms with Crippen LogP contribution in [0.4, 0.5) is 11.4 Å². The number of hydrogen-bond donors (Lipinski definition) is 1. The number of anilines is 2. The van der Waals surface area contributed by atoms with Crippen LogP contribution in [0.2, 0.25) is 0 Å². The van der Waals surface area contributed by atoms with E-state index in [0.29, 0.717) is 5.56 Å². The van der Waals surface area contributed by atoms with Gasteiger partial charge in [0.2, 0.25) is 0 Å². The first kappa shape index (κ1) is 17.2. The molecular formula is C21H22N2OS. The van der Waals surface area contributed by atoms with Crippen molar-refractivity contribution in [3.63, 3.8) is 0 Å². The molecule has 1 aromatic heterocycles. The van der Waals surface area contributed by atoms with Crippen LogP contribution in [0, 0.1) is 6.92 Å². The maximum Gasteiger partial charge on any atom is 0.262 e. The van der Waals surface area contributed by atoms with Gasteiger partial charge >= 0.3 is 0 Å². The summed E-state index contributed by atoms with van der Waals surface area (Å²) in [4.78, 5) is 17.3. The van der Waals surface area contributed by atoms with Gasteiger partial charge < -0.3 is 5.32 Å². The Kier molecular flexibility index (Phi) is 5.19. The Labute approximate surface area is 152 Å². The highest BCUT2D eigenvalue weighted by Crippen LogP contribution is 2.38. The minimum Gasteiger partial charge on any atom is -0.360 e. The average Bonchev–Trinajstić information content (AvgIpc) is 3.10. The Morgan fingerprint density at radius 3 is 2.28 bits per heavy atom. The van der Waals surface area contributed by atoms with Gasteiger partial charge in [-0.25, -0.2) is 0 Å². The number of hydrogen-bond acceptors (Lipinski definition) is 3. The Hall–Kier alpha value is -2.59. The molecule has 0 radical (unpaired) electrons. The van der Waals surface area contributed by atoms with Crippen molar-refractivity contribution in [3.8, 4) is 0 Å². The van der Waals surface area contributed by atoms with Gasteiger partial charge in [0.05, 0.1) is 5.56 Å². The summed E-state index contributed by atoms with van der Waals surface area (Å²) >= 11 is 1.71. The first-order chi connectivity index (χ1) is 12.2. The van der Waals surface area contributed by atoms with Gasteiger partial charge in [-0.15, -0.1) is 11.3 Å². The third kappa shape index (κ3) is 3.30. The number of fused-ring (bicyclic) bond motifs is 1. The molecule has 0 saturated heterocycles. The molecule has 1 amide bonds. The predicted molar refractivity (Wildman–Crippen MR) is 106 cm³/mol. The first-order valence-corrected chi connectivity index (χ1v) is 9.36. The molecule has 0 saturated carbocycles. The molecule has 25 heavy (non-hydrogen) atoms. The number of benzene rings is 2. The second kappa shape index (κ2) is 7.53. The summed E-state index contributed by atoms with van der Waals surface area (Å²) in [6.45, 7) is 6.08. The highest BCUT2D eigenvalue weighted by Gasteiger charge is 2.34. The van der Waals surface area contributed by atoms with Gasteiger partial charge in [-0.3, -0.25) is 9.69 Å². The van der Waals surface area contributed by atoms with Crippen molar-refractivity contribution in [1.82, 2.24) is 0 Å². The molecule has 0 aliphatic carbocycles. The number of thiophene rings is 1. The lowest BCUT2D eigenvalue weighted by Crippen LogP contribution is -2.42. The van der Waals surface area contributed by atoms with Crippen molar-refractivity contribution < 1.29 is 4.79 Å². The van der Waals surface area contributed by atoms with Gasteiger partial charge in [-0.1, -0.05) is 44.2 Å². The van der Waals surface area contributed by atoms with Crippen LogP contribution in [0.25, 0.3) is 0 Å². The molecule has 0 bridgehead atoms. The lowest BCUT2D eigenvalue weighted by molar-refractivity contribution is 0.0975. The zero-order chi connectivity index (χ0) is 17.8. The maximum absolute atomic E-state index is 13.1. The second-order valence-electron chi connectivity index (χ2n) is 5.55. The molecule has 1 atom stereocenters. The lowest BCUT2D eigenvalue weighted by atomic mass is 10.1. The summed E-state index contributed by atoms with van der Waals surface area (Å²) in [6, 6.07) is 21.7. The summed E-state index contributed by atoms with van der Waals surface area (Å²) in [5.41, 5.74) is 2.50. The minimum absolute atomic E-state index is 0.0293. The molecule has 4 heteroatoms. The predicted octanol–water partition coefficient (Wildman–Crippen LogP) is 5.85. The number of para-hydroxylation sites is 2. The number of nitrogens with zero attached hydrogens (tertiary/aromatic N) is 1. The Morgan fingerprint density at radius 1 is 0.920 bits per heavy atom. The van der Waals surface area contributed by atoms with E-state index in [9.17, 15) is 4.79 Å². The summed E-state index contributed by atoms with van der Waals surface area (Å²) in [7, 11) is 0. The van der Waals surface area contributed by atoms with Crippen molar-refractivity contribution in [1.29, 1.82) is 0 Å². The SMILES string of the molecule is CC.Cc1ccc(C2Nc3ccccc3C(=O)N2c2ccccc2)s1. The van der Waals surface area contributed by atoms with E-state index in [2.05, 4.69) is 24.4 Å². The molecule has 1 N–H and O–H groups in total. The van der Waals surface area contributed by atoms with Crippen LogP contribution in [0.1, 0.15) is 40.1 Å². The summed E-state index contributed by atoms with van der Waals surface area (Å²) in [5, 5.41) is 3.52. The smallest absolute Gasteiger partial charge is 0.262 e. The van der Waals surface area contributed by atoms with Crippen LogP contribution >= 0.6 is 11.3 Å². The van der Waals surface area contributed by atoms with E-state index in [1.165, 1.54) is 4.88 Å². The topological polar surface area (TPSA) is 32.3 Å². The standard InChI is InChI=1S/C19H16N2OS.C2H6/c1-13-11-12-17(23-13)18-20-16-10-6-5-9-15(16)19(22)21(18)14-7-3-2-4-8-14;1-2/h2-12,18,20H,1H3;1-2H3. The number of carbonyl (C=O) groups excluding carboxylic acids is 1. The normalized spacial score (nSPS) is 15.7. The van der Waals surface area contributed by atoms with Crippen LogP contribution in [0.5, 0.6) is 0 Å². The molecule has 3 aromatic rings. The van der Waals surface area contributed by atoms with Crippen LogP contribution < -0.4 is 10.2 Å². The fourth-order valence-electron chi connectivity index (χ4n) is 2.91. The van der Waals surface area contributed by atoms with Gasteiger partial charge in [0.15, 0.2) is 0 Å². The molecule has 1 aliphatic heterocycles. The fourth-order valence-corrected chi connectivity index (χ4v) is 3.83. The Bertz CT molecular complexity index is 857. The summed E-state index contributed by atoms with van der Waals surface area (Å²) < 4.78 is 0. The Morgan fingerprint density at radius 2 is 1.60 bits per heavy atom. The molecular weight excluding hydrogens is 328 g/mol. The number of amides is 1. The van der Waals surface area contributed by atoms with Crippen molar-refractivity contribution >= 4 is 28.6 Å². The van der Waals surface area contributed by atoms with Crippen molar-refractivity contribution in [2.45, 2.75) is 26.9 Å². The number of carbonyl (C=O) groups is 1. The Balaban J connectivity index is 0.000000880. The van der Waals surface area contributed by atoms with Crippen LogP contribution in [0.3, 0.4) is 0 Å². The molecule has 2 aromatic carbocycles. The van der Waals surface area contributed by atoms with E-state index in [0.717, 1.165) is 16.3 Å². The number of aryl methyl sites for hydroxylation is 1. The zero-order valence-corrected chi connectivity index (χ0v) is 15.5. The van der Waals surface area contributed by atoms with E-state index in [1.807, 2.05) is 73.3 Å². The maximum atomic E-state index is 13.1. The molecule has 0 fully saturated rings. The van der Waals surface area contributed by atoms with Crippen molar-refractivity contribution in [2.75, 3.05) is 10.2 Å². The number of nitrogens with one attached hydrogen (secondary N) is 1. The highest BCUT2D eigenvalue weighted by molar-refractivity contribution is 7.12. The average molecular weight is 350 g/mol. The fraction of sp³-hybridized carbons (Fsp3) is 0.190. The third-order valence-corrected chi connectivity index (χ3v) is 5.04. The van der Waals surface area contributed by atoms with Gasteiger partial charge in [0, 0.05) is 21.1 Å². The third-order valence-electron chi connectivity index (χ3n) is 3.99. The lowest BCUT2D eigenvalue weighted by Gasteiger charge is -2.37. The van der Waals surface area contributed by atoms with Crippen molar-refractivity contribution in [2.24, 2.45) is 0 Å². The molecule has 4 rings (SSSR count). The van der Waals surface area contributed by atoms with Crippen LogP contribution in [-0.4, -0.2) is 5.91 Å². The summed E-state index contributed by atoms with van der Waals surface area (Å²) in [5.74, 6) is 0.0293. The van der Waals surface area contributed by atoms with Crippen molar-refractivity contribution in [3.05, 3.63) is 82.0 Å². The van der Waals surface area contributed by atoms with Gasteiger partial charge in [0.25, 0.3) is 5.91 Å². The molecule has 2 heterocycles. The van der Waals surface area contributed by atoms with E-state index >= 15 is 0 Å². The zero-order valence-electron chi connectivity index (χ0n) is 14.7. The minimum atomic E-state index is -0.182. The largest absolute Gasteiger partial charge is 0.360 e. The molecule has 1 unspecified atom stereocenters. The van der Waals surface area contributed by atoms with E-state index in [-0.39, 0.29) is 12.1 Å². The summed E-state index contributed by atoms with van der Waals surface area (Å²) in [6.07, 6.45) is -0.182. The van der Waals surface area contributed by atoms with E-state index in [4.69, 9.17) is 0 Å². The van der Waals surface area contributed by atoms with Crippen LogP contribution in [0.15, 0.2) is 66.7 Å². The van der Waals surface area contributed by atoms with E-state index in [1.54, 1.807) is 11.3 Å². The van der Waals surface area contributed by atoms with Gasteiger partial charge in [0.1, 0.15) is 6.17 Å². The highest BCUT2D eigenvalue weighted by atomic mass is 32.1. The molecule has 1 aliphatic rings. The second-order valence-corrected chi connectivity index (χ2v) is 6.87. The monoisotopic (exact) mass is 350 g/mol. The molecule has 0 spiro atoms.